The van der Waals surface area contributed by atoms with Crippen LogP contribution >= 0.6 is 31.9 Å². The molecule has 0 bridgehead atoms. The maximum absolute atomic E-state index is 3.46. The van der Waals surface area contributed by atoms with Crippen molar-refractivity contribution >= 4 is 31.9 Å². The molecule has 0 aliphatic heterocycles. The molecule has 0 fully saturated rings. The molecule has 70 valence electrons. The molecular weight excluding hydrogens is 304 g/mol. The third kappa shape index (κ3) is 2.25. The summed E-state index contributed by atoms with van der Waals surface area (Å²) in [5.41, 5.74) is 2.46. The van der Waals surface area contributed by atoms with Crippen molar-refractivity contribution in [1.82, 2.24) is 0 Å². The van der Waals surface area contributed by atoms with Crippen molar-refractivity contribution in [3.05, 3.63) is 57.5 Å². The molecule has 0 saturated carbocycles. The molecule has 0 N–H and O–H groups in total. The fourth-order valence-electron chi connectivity index (χ4n) is 1.31. The molecule has 2 aromatic rings. The topological polar surface area (TPSA) is 0 Å². The van der Waals surface area contributed by atoms with E-state index in [1.807, 2.05) is 12.1 Å². The molecule has 0 amide bonds. The Morgan fingerprint density at radius 3 is 2.00 bits per heavy atom. The van der Waals surface area contributed by atoms with Crippen LogP contribution in [0.1, 0.15) is 0 Å². The largest absolute Gasteiger partial charge is 0.0605 e. The van der Waals surface area contributed by atoms with E-state index in [2.05, 4.69) is 68.3 Å². The summed E-state index contributed by atoms with van der Waals surface area (Å²) in [5, 5.41) is 0. The maximum atomic E-state index is 3.46. The fourth-order valence-corrected chi connectivity index (χ4v) is 1.97. The van der Waals surface area contributed by atoms with Gasteiger partial charge in [-0.15, -0.1) is 0 Å². The van der Waals surface area contributed by atoms with Crippen LogP contribution < -0.4 is 0 Å². The van der Waals surface area contributed by atoms with Crippen LogP contribution in [0, 0.1) is 0 Å². The number of halogens is 2. The minimum absolute atomic E-state index is 1.11. The Kier molecular flexibility index (Phi) is 3.04. The second-order valence-electron chi connectivity index (χ2n) is 3.02. The van der Waals surface area contributed by atoms with Crippen LogP contribution in [0.15, 0.2) is 57.5 Å². The summed E-state index contributed by atoms with van der Waals surface area (Å²) < 4.78 is 2.22. The monoisotopic (exact) mass is 310 g/mol. The number of benzene rings is 2. The van der Waals surface area contributed by atoms with E-state index in [0.29, 0.717) is 0 Å². The van der Waals surface area contributed by atoms with Crippen molar-refractivity contribution in [2.45, 2.75) is 0 Å². The van der Waals surface area contributed by atoms with Crippen molar-refractivity contribution in [2.24, 2.45) is 0 Å². The lowest BCUT2D eigenvalue weighted by atomic mass is 10.1. The highest BCUT2D eigenvalue weighted by Gasteiger charge is 1.97. The van der Waals surface area contributed by atoms with Gasteiger partial charge in [-0.3, -0.25) is 0 Å². The lowest BCUT2D eigenvalue weighted by Crippen LogP contribution is -1.76. The normalized spacial score (nSPS) is 10.1. The average molecular weight is 312 g/mol. The summed E-state index contributed by atoms with van der Waals surface area (Å²) in [6.45, 7) is 0. The van der Waals surface area contributed by atoms with E-state index in [1.54, 1.807) is 0 Å². The number of hydrogen-bond acceptors (Lipinski definition) is 0. The Balaban J connectivity index is 2.44. The standard InChI is InChI=1S/C12H8Br2/c13-11-6-4-9(5-7-11)10-2-1-3-12(14)8-10/h1-8H. The third-order valence-electron chi connectivity index (χ3n) is 2.00. The molecule has 0 aromatic heterocycles. The van der Waals surface area contributed by atoms with E-state index in [-0.39, 0.29) is 0 Å². The van der Waals surface area contributed by atoms with Gasteiger partial charge < -0.3 is 0 Å². The van der Waals surface area contributed by atoms with Gasteiger partial charge in [-0.1, -0.05) is 56.1 Å². The average Bonchev–Trinajstić information content (AvgIpc) is 2.19. The molecule has 0 aliphatic rings. The molecule has 0 radical (unpaired) electrons. The Hall–Kier alpha value is -0.600. The Morgan fingerprint density at radius 1 is 0.643 bits per heavy atom. The van der Waals surface area contributed by atoms with Crippen LogP contribution in [-0.2, 0) is 0 Å². The smallest absolute Gasteiger partial charge is 0.0181 e. The minimum Gasteiger partial charge on any atom is -0.0605 e. The molecule has 0 saturated heterocycles. The van der Waals surface area contributed by atoms with Gasteiger partial charge >= 0.3 is 0 Å². The second-order valence-corrected chi connectivity index (χ2v) is 4.85. The zero-order valence-electron chi connectivity index (χ0n) is 7.37. The predicted octanol–water partition coefficient (Wildman–Crippen LogP) is 4.88. The molecule has 2 aromatic carbocycles. The molecule has 0 atom stereocenters. The van der Waals surface area contributed by atoms with Gasteiger partial charge in [0.1, 0.15) is 0 Å². The zero-order chi connectivity index (χ0) is 9.97. The number of hydrogen-bond donors (Lipinski definition) is 0. The van der Waals surface area contributed by atoms with Gasteiger partial charge in [-0.25, -0.2) is 0 Å². The summed E-state index contributed by atoms with van der Waals surface area (Å²) >= 11 is 6.89. The van der Waals surface area contributed by atoms with Crippen LogP contribution in [-0.4, -0.2) is 0 Å². The Bertz CT molecular complexity index is 432. The first-order valence-electron chi connectivity index (χ1n) is 4.27. The third-order valence-corrected chi connectivity index (χ3v) is 3.02. The first kappa shape index (κ1) is 9.94. The SMILES string of the molecule is Brc1ccc(-c2cccc(Br)c2)cc1. The summed E-state index contributed by atoms with van der Waals surface area (Å²) in [6.07, 6.45) is 0. The van der Waals surface area contributed by atoms with Crippen LogP contribution in [0.4, 0.5) is 0 Å². The highest BCUT2D eigenvalue weighted by atomic mass is 79.9. The Labute approximate surface area is 100 Å². The van der Waals surface area contributed by atoms with Gasteiger partial charge in [0.05, 0.1) is 0 Å². The van der Waals surface area contributed by atoms with E-state index >= 15 is 0 Å². The molecule has 0 unspecified atom stereocenters. The van der Waals surface area contributed by atoms with Gasteiger partial charge in [0.25, 0.3) is 0 Å². The number of rotatable bonds is 1. The summed E-state index contributed by atoms with van der Waals surface area (Å²) in [6, 6.07) is 16.6. The fraction of sp³-hybridized carbons (Fsp3) is 0. The predicted molar refractivity (Wildman–Crippen MR) is 67.3 cm³/mol. The van der Waals surface area contributed by atoms with Crippen molar-refractivity contribution in [2.75, 3.05) is 0 Å². The maximum Gasteiger partial charge on any atom is 0.0181 e. The van der Waals surface area contributed by atoms with Crippen LogP contribution in [0.2, 0.25) is 0 Å². The van der Waals surface area contributed by atoms with Gasteiger partial charge in [0.2, 0.25) is 0 Å². The molecule has 0 spiro atoms. The lowest BCUT2D eigenvalue weighted by Gasteiger charge is -2.01. The van der Waals surface area contributed by atoms with Crippen molar-refractivity contribution in [3.8, 4) is 11.1 Å². The molecule has 14 heavy (non-hydrogen) atoms. The van der Waals surface area contributed by atoms with E-state index in [1.165, 1.54) is 11.1 Å². The van der Waals surface area contributed by atoms with Gasteiger partial charge in [-0.05, 0) is 35.4 Å². The minimum atomic E-state index is 1.11. The van der Waals surface area contributed by atoms with Crippen LogP contribution in [0.5, 0.6) is 0 Å². The highest BCUT2D eigenvalue weighted by Crippen LogP contribution is 2.24. The van der Waals surface area contributed by atoms with E-state index in [4.69, 9.17) is 0 Å². The highest BCUT2D eigenvalue weighted by molar-refractivity contribution is 9.10. The van der Waals surface area contributed by atoms with E-state index in [0.717, 1.165) is 8.95 Å². The second kappa shape index (κ2) is 4.28. The summed E-state index contributed by atoms with van der Waals surface area (Å²) in [7, 11) is 0. The first-order chi connectivity index (χ1) is 6.75. The molecule has 2 heteroatoms. The van der Waals surface area contributed by atoms with Gasteiger partial charge in [-0.2, -0.15) is 0 Å². The molecule has 0 heterocycles. The summed E-state index contributed by atoms with van der Waals surface area (Å²) in [4.78, 5) is 0. The van der Waals surface area contributed by atoms with Gasteiger partial charge in [0.15, 0.2) is 0 Å². The van der Waals surface area contributed by atoms with Crippen LogP contribution in [0.3, 0.4) is 0 Å². The van der Waals surface area contributed by atoms with E-state index in [9.17, 15) is 0 Å². The van der Waals surface area contributed by atoms with Crippen LogP contribution in [0.25, 0.3) is 11.1 Å². The quantitative estimate of drug-likeness (QED) is 0.704. The molecule has 0 aliphatic carbocycles. The molecular formula is C12H8Br2. The van der Waals surface area contributed by atoms with E-state index < -0.39 is 0 Å². The van der Waals surface area contributed by atoms with Gasteiger partial charge in [0, 0.05) is 8.95 Å². The molecule has 2 rings (SSSR count). The first-order valence-corrected chi connectivity index (χ1v) is 5.86. The lowest BCUT2D eigenvalue weighted by molar-refractivity contribution is 1.58. The van der Waals surface area contributed by atoms with Crippen molar-refractivity contribution in [1.29, 1.82) is 0 Å². The summed E-state index contributed by atoms with van der Waals surface area (Å²) in [5.74, 6) is 0. The van der Waals surface area contributed by atoms with Crippen molar-refractivity contribution in [3.63, 3.8) is 0 Å². The Morgan fingerprint density at radius 2 is 1.36 bits per heavy atom. The zero-order valence-corrected chi connectivity index (χ0v) is 10.5. The molecule has 0 nitrogen and oxygen atoms in total. The van der Waals surface area contributed by atoms with Crippen molar-refractivity contribution < 1.29 is 0 Å².